The Balaban J connectivity index is 2.23. The van der Waals surface area contributed by atoms with Crippen molar-refractivity contribution in [2.75, 3.05) is 0 Å². The highest BCUT2D eigenvalue weighted by atomic mass is 19.1. The fourth-order valence-electron chi connectivity index (χ4n) is 3.22. The number of halogens is 2. The van der Waals surface area contributed by atoms with E-state index in [2.05, 4.69) is 20.8 Å². The maximum Gasteiger partial charge on any atom is 0.131 e. The van der Waals surface area contributed by atoms with E-state index in [-0.39, 0.29) is 11.0 Å². The van der Waals surface area contributed by atoms with E-state index in [1.807, 2.05) is 0 Å². The van der Waals surface area contributed by atoms with Crippen molar-refractivity contribution < 1.29 is 8.78 Å². The zero-order valence-corrected chi connectivity index (χ0v) is 12.0. The van der Waals surface area contributed by atoms with Gasteiger partial charge < -0.3 is 5.73 Å². The van der Waals surface area contributed by atoms with Crippen LogP contribution in [0.25, 0.3) is 0 Å². The Kier molecular flexibility index (Phi) is 3.69. The van der Waals surface area contributed by atoms with Gasteiger partial charge in [-0.1, -0.05) is 26.8 Å². The Bertz CT molecular complexity index is 434. The second-order valence-electron chi connectivity index (χ2n) is 6.89. The first-order valence-electron chi connectivity index (χ1n) is 6.97. The molecule has 0 heterocycles. The first kappa shape index (κ1) is 14.4. The normalized spacial score (nSPS) is 28.4. The molecule has 1 aromatic rings. The molecule has 0 spiro atoms. The monoisotopic (exact) mass is 267 g/mol. The zero-order valence-electron chi connectivity index (χ0n) is 12.0. The number of benzene rings is 1. The van der Waals surface area contributed by atoms with Gasteiger partial charge in [0.25, 0.3) is 0 Å². The first-order valence-corrected chi connectivity index (χ1v) is 6.97. The SMILES string of the molecule is CC(C)(C)C1CCC(N)(c2c(F)cccc2F)CC1. The van der Waals surface area contributed by atoms with Gasteiger partial charge in [-0.3, -0.25) is 0 Å². The molecule has 1 fully saturated rings. The van der Waals surface area contributed by atoms with Crippen LogP contribution in [-0.2, 0) is 5.54 Å². The van der Waals surface area contributed by atoms with Crippen LogP contribution in [0.2, 0.25) is 0 Å². The third-order valence-corrected chi connectivity index (χ3v) is 4.56. The lowest BCUT2D eigenvalue weighted by molar-refractivity contribution is 0.130. The summed E-state index contributed by atoms with van der Waals surface area (Å²) in [4.78, 5) is 0. The third kappa shape index (κ3) is 2.81. The summed E-state index contributed by atoms with van der Waals surface area (Å²) in [5.74, 6) is -0.465. The molecule has 0 bridgehead atoms. The van der Waals surface area contributed by atoms with Gasteiger partial charge in [0.2, 0.25) is 0 Å². The molecule has 1 aliphatic rings. The van der Waals surface area contributed by atoms with Crippen LogP contribution < -0.4 is 5.73 Å². The Morgan fingerprint density at radius 1 is 1.11 bits per heavy atom. The number of rotatable bonds is 1. The summed E-state index contributed by atoms with van der Waals surface area (Å²) >= 11 is 0. The van der Waals surface area contributed by atoms with E-state index in [4.69, 9.17) is 5.73 Å². The van der Waals surface area contributed by atoms with Crippen molar-refractivity contribution in [3.63, 3.8) is 0 Å². The first-order chi connectivity index (χ1) is 8.74. The lowest BCUT2D eigenvalue weighted by Gasteiger charge is -2.42. The molecule has 2 N–H and O–H groups in total. The predicted molar refractivity (Wildman–Crippen MR) is 73.6 cm³/mol. The fourth-order valence-corrected chi connectivity index (χ4v) is 3.22. The van der Waals surface area contributed by atoms with Gasteiger partial charge in [-0.2, -0.15) is 0 Å². The smallest absolute Gasteiger partial charge is 0.131 e. The van der Waals surface area contributed by atoms with E-state index in [1.54, 1.807) is 0 Å². The van der Waals surface area contributed by atoms with Crippen LogP contribution >= 0.6 is 0 Å². The summed E-state index contributed by atoms with van der Waals surface area (Å²) in [6, 6.07) is 3.98. The van der Waals surface area contributed by atoms with E-state index in [0.29, 0.717) is 18.8 Å². The van der Waals surface area contributed by atoms with Gasteiger partial charge in [0.05, 0.1) is 0 Å². The van der Waals surface area contributed by atoms with Crippen molar-refractivity contribution in [1.82, 2.24) is 0 Å². The maximum absolute atomic E-state index is 13.9. The van der Waals surface area contributed by atoms with Crippen molar-refractivity contribution >= 4 is 0 Å². The van der Waals surface area contributed by atoms with Gasteiger partial charge in [-0.15, -0.1) is 0 Å². The van der Waals surface area contributed by atoms with E-state index in [1.165, 1.54) is 18.2 Å². The van der Waals surface area contributed by atoms with Gasteiger partial charge in [-0.25, -0.2) is 8.78 Å². The summed E-state index contributed by atoms with van der Waals surface area (Å²) in [6.45, 7) is 6.64. The van der Waals surface area contributed by atoms with Crippen molar-refractivity contribution in [3.05, 3.63) is 35.4 Å². The third-order valence-electron chi connectivity index (χ3n) is 4.56. The molecule has 1 nitrogen and oxygen atoms in total. The standard InChI is InChI=1S/C16H23F2N/c1-15(2,3)11-7-9-16(19,10-8-11)14-12(17)5-4-6-13(14)18/h4-6,11H,7-10,19H2,1-3H3. The molecule has 19 heavy (non-hydrogen) atoms. The fraction of sp³-hybridized carbons (Fsp3) is 0.625. The van der Waals surface area contributed by atoms with Crippen LogP contribution in [0.3, 0.4) is 0 Å². The Morgan fingerprint density at radius 3 is 2.00 bits per heavy atom. The van der Waals surface area contributed by atoms with Gasteiger partial charge >= 0.3 is 0 Å². The Labute approximate surface area is 114 Å². The average Bonchev–Trinajstić information content (AvgIpc) is 2.27. The molecule has 0 aromatic heterocycles. The molecule has 0 aliphatic heterocycles. The summed E-state index contributed by atoms with van der Waals surface area (Å²) in [5, 5.41) is 0. The lowest BCUT2D eigenvalue weighted by Crippen LogP contribution is -2.43. The summed E-state index contributed by atoms with van der Waals surface area (Å²) in [5.41, 5.74) is 5.76. The van der Waals surface area contributed by atoms with E-state index in [0.717, 1.165) is 12.8 Å². The van der Waals surface area contributed by atoms with Crippen LogP contribution in [0, 0.1) is 23.0 Å². The van der Waals surface area contributed by atoms with Crippen molar-refractivity contribution in [2.24, 2.45) is 17.1 Å². The Morgan fingerprint density at radius 2 is 1.58 bits per heavy atom. The predicted octanol–water partition coefficient (Wildman–Crippen LogP) is 4.36. The van der Waals surface area contributed by atoms with Crippen LogP contribution in [0.1, 0.15) is 52.0 Å². The number of hydrogen-bond donors (Lipinski definition) is 1. The highest BCUT2D eigenvalue weighted by molar-refractivity contribution is 5.28. The highest BCUT2D eigenvalue weighted by Crippen LogP contribution is 2.45. The van der Waals surface area contributed by atoms with E-state index in [9.17, 15) is 8.78 Å². The van der Waals surface area contributed by atoms with Crippen LogP contribution in [0.15, 0.2) is 18.2 Å². The minimum absolute atomic E-state index is 0.0716. The van der Waals surface area contributed by atoms with Crippen molar-refractivity contribution in [3.8, 4) is 0 Å². The van der Waals surface area contributed by atoms with Gasteiger partial charge in [-0.05, 0) is 49.1 Å². The molecule has 106 valence electrons. The van der Waals surface area contributed by atoms with Crippen molar-refractivity contribution in [1.29, 1.82) is 0 Å². The molecule has 0 amide bonds. The lowest BCUT2D eigenvalue weighted by atomic mass is 9.66. The zero-order chi connectivity index (χ0) is 14.3. The van der Waals surface area contributed by atoms with E-state index < -0.39 is 17.2 Å². The molecule has 3 heteroatoms. The maximum atomic E-state index is 13.9. The molecular formula is C16H23F2N. The summed E-state index contributed by atoms with van der Waals surface area (Å²) in [7, 11) is 0. The Hall–Kier alpha value is -0.960. The quantitative estimate of drug-likeness (QED) is 0.804. The van der Waals surface area contributed by atoms with Gasteiger partial charge in [0, 0.05) is 11.1 Å². The second kappa shape index (κ2) is 4.86. The van der Waals surface area contributed by atoms with Crippen LogP contribution in [-0.4, -0.2) is 0 Å². The highest BCUT2D eigenvalue weighted by Gasteiger charge is 2.40. The molecule has 0 radical (unpaired) electrons. The second-order valence-corrected chi connectivity index (χ2v) is 6.89. The number of nitrogens with two attached hydrogens (primary N) is 1. The molecule has 1 saturated carbocycles. The van der Waals surface area contributed by atoms with E-state index >= 15 is 0 Å². The molecule has 2 rings (SSSR count). The van der Waals surface area contributed by atoms with Crippen LogP contribution in [0.4, 0.5) is 8.78 Å². The molecule has 1 aliphatic carbocycles. The minimum atomic E-state index is -0.850. The van der Waals surface area contributed by atoms with Crippen molar-refractivity contribution in [2.45, 2.75) is 52.0 Å². The minimum Gasteiger partial charge on any atom is -0.321 e. The van der Waals surface area contributed by atoms with Gasteiger partial charge in [0.1, 0.15) is 11.6 Å². The molecule has 1 aromatic carbocycles. The molecular weight excluding hydrogens is 244 g/mol. The van der Waals surface area contributed by atoms with Crippen LogP contribution in [0.5, 0.6) is 0 Å². The number of hydrogen-bond acceptors (Lipinski definition) is 1. The van der Waals surface area contributed by atoms with Gasteiger partial charge in [0.15, 0.2) is 0 Å². The largest absolute Gasteiger partial charge is 0.321 e. The molecule has 0 saturated heterocycles. The summed E-state index contributed by atoms with van der Waals surface area (Å²) < 4.78 is 27.8. The average molecular weight is 267 g/mol. The molecule has 0 atom stereocenters. The topological polar surface area (TPSA) is 26.0 Å². The molecule has 0 unspecified atom stereocenters. The summed E-state index contributed by atoms with van der Waals surface area (Å²) in [6.07, 6.45) is 3.14.